The van der Waals surface area contributed by atoms with E-state index in [4.69, 9.17) is 4.74 Å². The van der Waals surface area contributed by atoms with Gasteiger partial charge in [0.1, 0.15) is 0 Å². The lowest BCUT2D eigenvalue weighted by molar-refractivity contribution is 0.0528. The van der Waals surface area contributed by atoms with Crippen LogP contribution in [0.5, 0.6) is 0 Å². The third kappa shape index (κ3) is 1.69. The lowest BCUT2D eigenvalue weighted by Gasteiger charge is -2.07. The van der Waals surface area contributed by atoms with E-state index in [1.54, 1.807) is 35.9 Å². The number of H-pyrrole nitrogens is 1. The fraction of sp³-hybridized carbons (Fsp3) is 0.154. The molecule has 6 heteroatoms. The van der Waals surface area contributed by atoms with Gasteiger partial charge in [-0.3, -0.25) is 9.20 Å². The smallest absolute Gasteiger partial charge is 0.340 e. The highest BCUT2D eigenvalue weighted by Gasteiger charge is 2.14. The molecule has 0 atom stereocenters. The van der Waals surface area contributed by atoms with Crippen LogP contribution < -0.4 is 5.56 Å². The highest BCUT2D eigenvalue weighted by atomic mass is 16.5. The number of hydrogen-bond donors (Lipinski definition) is 1. The van der Waals surface area contributed by atoms with Gasteiger partial charge in [0.2, 0.25) is 5.65 Å². The number of rotatable bonds is 2. The van der Waals surface area contributed by atoms with Crippen LogP contribution >= 0.6 is 0 Å². The van der Waals surface area contributed by atoms with Crippen molar-refractivity contribution in [3.63, 3.8) is 0 Å². The summed E-state index contributed by atoms with van der Waals surface area (Å²) in [4.78, 5) is 30.4. The largest absolute Gasteiger partial charge is 0.462 e. The van der Waals surface area contributed by atoms with Crippen LogP contribution in [0.4, 0.5) is 0 Å². The van der Waals surface area contributed by atoms with Gasteiger partial charge >= 0.3 is 5.97 Å². The number of benzene rings is 1. The van der Waals surface area contributed by atoms with Crippen molar-refractivity contribution in [2.75, 3.05) is 6.61 Å². The molecule has 0 radical (unpaired) electrons. The molecule has 1 aromatic carbocycles. The Bertz CT molecular complexity index is 832. The number of aromatic amines is 1. The van der Waals surface area contributed by atoms with Gasteiger partial charge in [-0.15, -0.1) is 0 Å². The van der Waals surface area contributed by atoms with E-state index in [0.29, 0.717) is 22.2 Å². The second-order valence-electron chi connectivity index (χ2n) is 4.00. The van der Waals surface area contributed by atoms with E-state index in [2.05, 4.69) is 9.97 Å². The summed E-state index contributed by atoms with van der Waals surface area (Å²) in [5, 5.41) is 0. The first kappa shape index (κ1) is 11.5. The molecule has 0 unspecified atom stereocenters. The number of hydrogen-bond acceptors (Lipinski definition) is 4. The first-order valence-electron chi connectivity index (χ1n) is 5.87. The van der Waals surface area contributed by atoms with Gasteiger partial charge in [-0.2, -0.15) is 0 Å². The summed E-state index contributed by atoms with van der Waals surface area (Å²) in [7, 11) is 0. The van der Waals surface area contributed by atoms with Crippen LogP contribution in [0, 0.1) is 0 Å². The minimum atomic E-state index is -0.455. The maximum atomic E-state index is 11.9. The quantitative estimate of drug-likeness (QED) is 0.703. The highest BCUT2D eigenvalue weighted by Crippen LogP contribution is 2.17. The lowest BCUT2D eigenvalue weighted by atomic mass is 10.1. The van der Waals surface area contributed by atoms with Gasteiger partial charge in [-0.1, -0.05) is 6.07 Å². The Morgan fingerprint density at radius 2 is 2.32 bits per heavy atom. The highest BCUT2D eigenvalue weighted by molar-refractivity contribution is 6.02. The predicted molar refractivity (Wildman–Crippen MR) is 69.3 cm³/mol. The molecule has 3 rings (SSSR count). The molecule has 0 saturated heterocycles. The fourth-order valence-electron chi connectivity index (χ4n) is 2.09. The van der Waals surface area contributed by atoms with Crippen LogP contribution in [0.25, 0.3) is 16.7 Å². The van der Waals surface area contributed by atoms with E-state index in [1.807, 2.05) is 6.07 Å². The molecular formula is C13H11N3O3. The molecule has 2 aromatic heterocycles. The Morgan fingerprint density at radius 1 is 1.47 bits per heavy atom. The van der Waals surface area contributed by atoms with Gasteiger partial charge in [0, 0.05) is 12.4 Å². The molecule has 0 aliphatic heterocycles. The van der Waals surface area contributed by atoms with Crippen molar-refractivity contribution >= 4 is 22.6 Å². The zero-order chi connectivity index (χ0) is 13.4. The van der Waals surface area contributed by atoms with Crippen molar-refractivity contribution in [2.24, 2.45) is 0 Å². The maximum Gasteiger partial charge on any atom is 0.340 e. The molecule has 0 spiro atoms. The van der Waals surface area contributed by atoms with Crippen LogP contribution in [0.1, 0.15) is 17.3 Å². The fourth-order valence-corrected chi connectivity index (χ4v) is 2.09. The molecule has 3 aromatic rings. The number of nitrogens with zero attached hydrogens (tertiary/aromatic N) is 2. The van der Waals surface area contributed by atoms with E-state index in [0.717, 1.165) is 0 Å². The van der Waals surface area contributed by atoms with Crippen molar-refractivity contribution in [3.05, 3.63) is 46.5 Å². The minimum Gasteiger partial charge on any atom is -0.462 e. The number of carbonyl (C=O) groups excluding carboxylic acids is 1. The third-order valence-corrected chi connectivity index (χ3v) is 2.88. The van der Waals surface area contributed by atoms with E-state index < -0.39 is 5.97 Å². The zero-order valence-electron chi connectivity index (χ0n) is 10.2. The van der Waals surface area contributed by atoms with Crippen molar-refractivity contribution < 1.29 is 9.53 Å². The third-order valence-electron chi connectivity index (χ3n) is 2.88. The van der Waals surface area contributed by atoms with Crippen molar-refractivity contribution in [1.29, 1.82) is 0 Å². The molecule has 1 N–H and O–H groups in total. The summed E-state index contributed by atoms with van der Waals surface area (Å²) in [6.07, 6.45) is 3.23. The number of para-hydroxylation sites is 1. The first-order valence-corrected chi connectivity index (χ1v) is 5.87. The molecule has 6 nitrogen and oxygen atoms in total. The van der Waals surface area contributed by atoms with Crippen LogP contribution in [-0.2, 0) is 4.74 Å². The first-order chi connectivity index (χ1) is 9.22. The van der Waals surface area contributed by atoms with Gasteiger partial charge in [-0.05, 0) is 19.1 Å². The molecular weight excluding hydrogens is 246 g/mol. The number of ether oxygens (including phenoxy) is 1. The Labute approximate surface area is 107 Å². The molecule has 0 aliphatic carbocycles. The number of aromatic nitrogens is 3. The number of esters is 1. The summed E-state index contributed by atoms with van der Waals surface area (Å²) in [6.45, 7) is 2.02. The topological polar surface area (TPSA) is 76.5 Å². The summed E-state index contributed by atoms with van der Waals surface area (Å²) < 4.78 is 6.63. The van der Waals surface area contributed by atoms with Gasteiger partial charge in [0.15, 0.2) is 0 Å². The van der Waals surface area contributed by atoms with Gasteiger partial charge in [0.25, 0.3) is 5.56 Å². The van der Waals surface area contributed by atoms with Crippen molar-refractivity contribution in [1.82, 2.24) is 14.4 Å². The number of fused-ring (bicyclic) bond motifs is 3. The maximum absolute atomic E-state index is 11.9. The van der Waals surface area contributed by atoms with Gasteiger partial charge in [0.05, 0.1) is 23.2 Å². The van der Waals surface area contributed by atoms with Gasteiger partial charge < -0.3 is 9.72 Å². The number of imidazole rings is 1. The monoisotopic (exact) mass is 257 g/mol. The van der Waals surface area contributed by atoms with E-state index in [-0.39, 0.29) is 12.2 Å². The molecule has 19 heavy (non-hydrogen) atoms. The minimum absolute atomic E-state index is 0.284. The second kappa shape index (κ2) is 4.24. The van der Waals surface area contributed by atoms with Crippen molar-refractivity contribution in [3.8, 4) is 0 Å². The average molecular weight is 257 g/mol. The molecule has 0 amide bonds. The normalized spacial score (nSPS) is 11.0. The number of carbonyl (C=O) groups is 1. The van der Waals surface area contributed by atoms with Crippen LogP contribution in [0.15, 0.2) is 35.4 Å². The number of nitrogens with one attached hydrogen (secondary N) is 1. The van der Waals surface area contributed by atoms with Crippen LogP contribution in [0.3, 0.4) is 0 Å². The molecule has 0 bridgehead atoms. The predicted octanol–water partition coefficient (Wildman–Crippen LogP) is 1.35. The van der Waals surface area contributed by atoms with E-state index >= 15 is 0 Å². The average Bonchev–Trinajstić information content (AvgIpc) is 2.88. The Hall–Kier alpha value is -2.63. The molecule has 0 fully saturated rings. The summed E-state index contributed by atoms with van der Waals surface area (Å²) in [5.74, 6) is -0.455. The Morgan fingerprint density at radius 3 is 3.11 bits per heavy atom. The van der Waals surface area contributed by atoms with Gasteiger partial charge in [-0.25, -0.2) is 9.78 Å². The Kier molecular flexibility index (Phi) is 2.56. The van der Waals surface area contributed by atoms with Crippen molar-refractivity contribution in [2.45, 2.75) is 6.92 Å². The van der Waals surface area contributed by atoms with Crippen LogP contribution in [-0.4, -0.2) is 26.9 Å². The SMILES string of the molecule is CCOC(=O)c1cccc2c1[nH]c(=O)c1nccn12. The summed E-state index contributed by atoms with van der Waals surface area (Å²) in [5.41, 5.74) is 1.46. The van der Waals surface area contributed by atoms with E-state index in [1.165, 1.54) is 0 Å². The Balaban J connectivity index is 2.40. The summed E-state index contributed by atoms with van der Waals surface area (Å²) in [6, 6.07) is 5.17. The van der Waals surface area contributed by atoms with E-state index in [9.17, 15) is 9.59 Å². The molecule has 2 heterocycles. The summed E-state index contributed by atoms with van der Waals surface area (Å²) >= 11 is 0. The second-order valence-corrected chi connectivity index (χ2v) is 4.00. The van der Waals surface area contributed by atoms with Crippen LogP contribution in [0.2, 0.25) is 0 Å². The molecule has 0 saturated carbocycles. The molecule has 0 aliphatic rings. The standard InChI is InChI=1S/C13H11N3O3/c1-2-19-13(18)8-4-3-5-9-10(8)15-12(17)11-14-6-7-16(9)11/h3-7H,2H2,1H3,(H,15,17). The molecule has 96 valence electrons. The lowest BCUT2D eigenvalue weighted by Crippen LogP contribution is -2.14. The zero-order valence-corrected chi connectivity index (χ0v) is 10.2.